The van der Waals surface area contributed by atoms with Gasteiger partial charge in [-0.05, 0) is 48.6 Å². The third kappa shape index (κ3) is 3.69. The van der Waals surface area contributed by atoms with Crippen molar-refractivity contribution in [1.82, 2.24) is 9.71 Å². The lowest BCUT2D eigenvalue weighted by atomic mass is 9.98. The molecule has 0 spiro atoms. The minimum absolute atomic E-state index is 0.00907. The standard InChI is InChI=1S/C17H17F3N2O2S/c1-2-25(23,24)22-16-8-7-13-14(9-21-10-15(13)16)11-3-5-12(6-4-11)17(18,19)20/h3-6,9-10,16,22H,2,7-8H2,1H3/t16-/m1/s1. The molecule has 0 radical (unpaired) electrons. The Bertz CT molecular complexity index is 878. The van der Waals surface area contributed by atoms with Crippen LogP contribution in [-0.2, 0) is 22.6 Å². The normalized spacial score (nSPS) is 17.5. The topological polar surface area (TPSA) is 59.1 Å². The molecular formula is C17H17F3N2O2S. The SMILES string of the molecule is CCS(=O)(=O)N[C@@H]1CCc2c(-c3ccc(C(F)(F)F)cc3)cncc21. The minimum Gasteiger partial charge on any atom is -0.264 e. The average molecular weight is 370 g/mol. The Hall–Kier alpha value is -1.93. The van der Waals surface area contributed by atoms with Gasteiger partial charge in [0.05, 0.1) is 11.3 Å². The molecular weight excluding hydrogens is 353 g/mol. The molecule has 1 heterocycles. The van der Waals surface area contributed by atoms with Crippen molar-refractivity contribution in [1.29, 1.82) is 0 Å². The van der Waals surface area contributed by atoms with E-state index in [-0.39, 0.29) is 11.8 Å². The first kappa shape index (κ1) is 17.9. The Morgan fingerprint density at radius 1 is 1.20 bits per heavy atom. The highest BCUT2D eigenvalue weighted by Crippen LogP contribution is 2.38. The van der Waals surface area contributed by atoms with E-state index < -0.39 is 21.8 Å². The number of aromatic nitrogens is 1. The predicted octanol–water partition coefficient (Wildman–Crippen LogP) is 3.69. The molecule has 1 aliphatic carbocycles. The monoisotopic (exact) mass is 370 g/mol. The summed E-state index contributed by atoms with van der Waals surface area (Å²) >= 11 is 0. The van der Waals surface area contributed by atoms with Crippen LogP contribution in [0.15, 0.2) is 36.7 Å². The van der Waals surface area contributed by atoms with Crippen LogP contribution in [0.4, 0.5) is 13.2 Å². The van der Waals surface area contributed by atoms with Crippen LogP contribution in [-0.4, -0.2) is 19.2 Å². The second-order valence-corrected chi connectivity index (χ2v) is 7.99. The Kier molecular flexibility index (Phi) is 4.59. The van der Waals surface area contributed by atoms with Crippen molar-refractivity contribution in [2.45, 2.75) is 32.0 Å². The van der Waals surface area contributed by atoms with Crippen LogP contribution in [0.2, 0.25) is 0 Å². The van der Waals surface area contributed by atoms with Crippen LogP contribution in [0.5, 0.6) is 0 Å². The molecule has 0 saturated carbocycles. The molecule has 0 fully saturated rings. The number of pyridine rings is 1. The maximum atomic E-state index is 12.7. The first-order chi connectivity index (χ1) is 11.7. The van der Waals surface area contributed by atoms with Crippen LogP contribution in [0.1, 0.15) is 36.1 Å². The molecule has 4 nitrogen and oxygen atoms in total. The molecule has 1 atom stereocenters. The second kappa shape index (κ2) is 6.42. The van der Waals surface area contributed by atoms with Gasteiger partial charge in [0.2, 0.25) is 10.0 Å². The van der Waals surface area contributed by atoms with Crippen LogP contribution >= 0.6 is 0 Å². The largest absolute Gasteiger partial charge is 0.416 e. The van der Waals surface area contributed by atoms with E-state index in [9.17, 15) is 21.6 Å². The number of alkyl halides is 3. The van der Waals surface area contributed by atoms with Crippen LogP contribution < -0.4 is 4.72 Å². The van der Waals surface area contributed by atoms with Gasteiger partial charge in [0.25, 0.3) is 0 Å². The lowest BCUT2D eigenvalue weighted by Gasteiger charge is -2.14. The van der Waals surface area contributed by atoms with Crippen LogP contribution in [0, 0.1) is 0 Å². The molecule has 1 aliphatic rings. The van der Waals surface area contributed by atoms with Crippen LogP contribution in [0.25, 0.3) is 11.1 Å². The van der Waals surface area contributed by atoms with E-state index in [0.717, 1.165) is 28.8 Å². The summed E-state index contributed by atoms with van der Waals surface area (Å²) in [6.07, 6.45) is 0.106. The fraction of sp³-hybridized carbons (Fsp3) is 0.353. The van der Waals surface area contributed by atoms with Gasteiger partial charge in [0.15, 0.2) is 0 Å². The van der Waals surface area contributed by atoms with Crippen molar-refractivity contribution in [2.24, 2.45) is 0 Å². The van der Waals surface area contributed by atoms with Gasteiger partial charge in [-0.25, -0.2) is 13.1 Å². The first-order valence-corrected chi connectivity index (χ1v) is 9.51. The molecule has 0 amide bonds. The van der Waals surface area contributed by atoms with Gasteiger partial charge in [-0.1, -0.05) is 12.1 Å². The van der Waals surface area contributed by atoms with Crippen molar-refractivity contribution in [3.05, 3.63) is 53.3 Å². The fourth-order valence-electron chi connectivity index (χ4n) is 3.04. The number of hydrogen-bond donors (Lipinski definition) is 1. The third-order valence-electron chi connectivity index (χ3n) is 4.37. The second-order valence-electron chi connectivity index (χ2n) is 5.94. The summed E-state index contributed by atoms with van der Waals surface area (Å²) < 4.78 is 64.4. The Morgan fingerprint density at radius 3 is 2.48 bits per heavy atom. The zero-order valence-corrected chi connectivity index (χ0v) is 14.3. The summed E-state index contributed by atoms with van der Waals surface area (Å²) in [5, 5.41) is 0. The van der Waals surface area contributed by atoms with Crippen molar-refractivity contribution in [2.75, 3.05) is 5.75 Å². The molecule has 2 aromatic rings. The van der Waals surface area contributed by atoms with E-state index in [4.69, 9.17) is 0 Å². The molecule has 8 heteroatoms. The minimum atomic E-state index is -4.38. The number of sulfonamides is 1. The smallest absolute Gasteiger partial charge is 0.264 e. The molecule has 3 rings (SSSR count). The zero-order valence-electron chi connectivity index (χ0n) is 13.5. The third-order valence-corrected chi connectivity index (χ3v) is 5.78. The van der Waals surface area contributed by atoms with Crippen molar-refractivity contribution in [3.8, 4) is 11.1 Å². The van der Waals surface area contributed by atoms with E-state index in [1.54, 1.807) is 19.3 Å². The van der Waals surface area contributed by atoms with E-state index in [0.29, 0.717) is 18.4 Å². The lowest BCUT2D eigenvalue weighted by molar-refractivity contribution is -0.137. The van der Waals surface area contributed by atoms with Gasteiger partial charge < -0.3 is 0 Å². The summed E-state index contributed by atoms with van der Waals surface area (Å²) in [5.41, 5.74) is 2.39. The maximum absolute atomic E-state index is 12.7. The number of rotatable bonds is 4. The van der Waals surface area contributed by atoms with Gasteiger partial charge in [-0.3, -0.25) is 4.98 Å². The van der Waals surface area contributed by atoms with Gasteiger partial charge in [-0.15, -0.1) is 0 Å². The molecule has 0 aliphatic heterocycles. The summed E-state index contributed by atoms with van der Waals surface area (Å²) in [6.45, 7) is 1.56. The highest BCUT2D eigenvalue weighted by molar-refractivity contribution is 7.89. The number of fused-ring (bicyclic) bond motifs is 1. The Labute approximate surface area is 144 Å². The molecule has 1 N–H and O–H groups in total. The van der Waals surface area contributed by atoms with Crippen molar-refractivity contribution >= 4 is 10.0 Å². The predicted molar refractivity (Wildman–Crippen MR) is 88.3 cm³/mol. The average Bonchev–Trinajstić information content (AvgIpc) is 2.97. The Balaban J connectivity index is 1.95. The summed E-state index contributed by atoms with van der Waals surface area (Å²) in [4.78, 5) is 4.15. The quantitative estimate of drug-likeness (QED) is 0.893. The van der Waals surface area contributed by atoms with E-state index in [1.165, 1.54) is 12.1 Å². The highest BCUT2D eigenvalue weighted by atomic mass is 32.2. The van der Waals surface area contributed by atoms with Gasteiger partial charge in [0.1, 0.15) is 0 Å². The molecule has 134 valence electrons. The molecule has 0 bridgehead atoms. The fourth-order valence-corrected chi connectivity index (χ4v) is 3.88. The van der Waals surface area contributed by atoms with Gasteiger partial charge >= 0.3 is 6.18 Å². The van der Waals surface area contributed by atoms with Crippen molar-refractivity contribution in [3.63, 3.8) is 0 Å². The van der Waals surface area contributed by atoms with E-state index >= 15 is 0 Å². The number of nitrogens with zero attached hydrogens (tertiary/aromatic N) is 1. The molecule has 0 saturated heterocycles. The van der Waals surface area contributed by atoms with E-state index in [2.05, 4.69) is 9.71 Å². The number of hydrogen-bond acceptors (Lipinski definition) is 3. The summed E-state index contributed by atoms with van der Waals surface area (Å²) in [5.74, 6) is -0.00907. The number of benzene rings is 1. The molecule has 25 heavy (non-hydrogen) atoms. The maximum Gasteiger partial charge on any atom is 0.416 e. The highest BCUT2D eigenvalue weighted by Gasteiger charge is 2.31. The van der Waals surface area contributed by atoms with Crippen LogP contribution in [0.3, 0.4) is 0 Å². The first-order valence-electron chi connectivity index (χ1n) is 7.85. The molecule has 1 aromatic carbocycles. The Morgan fingerprint density at radius 2 is 1.88 bits per heavy atom. The zero-order chi connectivity index (χ0) is 18.2. The van der Waals surface area contributed by atoms with Crippen molar-refractivity contribution < 1.29 is 21.6 Å². The molecule has 1 aromatic heterocycles. The number of halogens is 3. The van der Waals surface area contributed by atoms with Gasteiger partial charge in [-0.2, -0.15) is 13.2 Å². The summed E-state index contributed by atoms with van der Waals surface area (Å²) in [7, 11) is -3.35. The van der Waals surface area contributed by atoms with E-state index in [1.807, 2.05) is 0 Å². The summed E-state index contributed by atoms with van der Waals surface area (Å²) in [6, 6.07) is 4.58. The number of nitrogens with one attached hydrogen (secondary N) is 1. The molecule has 0 unspecified atom stereocenters. The van der Waals surface area contributed by atoms with Gasteiger partial charge in [0, 0.05) is 24.0 Å². The lowest BCUT2D eigenvalue weighted by Crippen LogP contribution is -2.28.